The first-order valence-corrected chi connectivity index (χ1v) is 11.3. The Morgan fingerprint density at radius 2 is 1.90 bits per heavy atom. The van der Waals surface area contributed by atoms with E-state index in [4.69, 9.17) is 0 Å². The highest BCUT2D eigenvalue weighted by atomic mass is 127. The number of carbonyl (C=O) groups excluding carboxylic acids is 1. The van der Waals surface area contributed by atoms with Gasteiger partial charge in [-0.1, -0.05) is 12.1 Å². The Hall–Kier alpha value is -1.88. The second-order valence-corrected chi connectivity index (χ2v) is 8.58. The molecule has 9 heteroatoms. The fourth-order valence-corrected chi connectivity index (χ4v) is 4.99. The Balaban J connectivity index is 0.00000272. The van der Waals surface area contributed by atoms with E-state index in [1.54, 1.807) is 24.5 Å². The van der Waals surface area contributed by atoms with E-state index in [0.29, 0.717) is 18.7 Å². The summed E-state index contributed by atoms with van der Waals surface area (Å²) in [5.41, 5.74) is 1.94. The third-order valence-electron chi connectivity index (χ3n) is 5.77. The second-order valence-electron chi connectivity index (χ2n) is 7.58. The highest BCUT2D eigenvalue weighted by Gasteiger charge is 2.23. The normalized spacial score (nSPS) is 16.6. The number of fused-ring (bicyclic) bond motifs is 1. The molecule has 4 rings (SSSR count). The number of guanidine groups is 1. The summed E-state index contributed by atoms with van der Waals surface area (Å²) < 4.78 is 14.0. The number of hydrogen-bond acceptors (Lipinski definition) is 4. The summed E-state index contributed by atoms with van der Waals surface area (Å²) in [5.74, 6) is 0.799. The molecule has 2 aromatic rings. The summed E-state index contributed by atoms with van der Waals surface area (Å²) >= 11 is 1.78. The number of aliphatic imine (C=N–C) groups is 1. The van der Waals surface area contributed by atoms with Crippen molar-refractivity contribution in [2.75, 3.05) is 51.2 Å². The van der Waals surface area contributed by atoms with E-state index in [0.717, 1.165) is 51.6 Å². The van der Waals surface area contributed by atoms with Gasteiger partial charge in [-0.05, 0) is 35.6 Å². The van der Waals surface area contributed by atoms with Gasteiger partial charge in [0.25, 0.3) is 0 Å². The van der Waals surface area contributed by atoms with Gasteiger partial charge in [0.2, 0.25) is 5.91 Å². The van der Waals surface area contributed by atoms with Crippen LogP contribution in [0.2, 0.25) is 0 Å². The lowest BCUT2D eigenvalue weighted by Crippen LogP contribution is -2.53. The van der Waals surface area contributed by atoms with E-state index in [2.05, 4.69) is 31.6 Å². The Morgan fingerprint density at radius 3 is 2.65 bits per heavy atom. The van der Waals surface area contributed by atoms with Crippen LogP contribution in [0.1, 0.15) is 16.9 Å². The molecule has 0 bridgehead atoms. The van der Waals surface area contributed by atoms with Crippen molar-refractivity contribution in [3.63, 3.8) is 0 Å². The van der Waals surface area contributed by atoms with Crippen LogP contribution in [-0.4, -0.2) is 68.0 Å². The third-order valence-corrected chi connectivity index (χ3v) is 6.79. The first kappa shape index (κ1) is 23.8. The molecule has 0 atom stereocenters. The fraction of sp³-hybridized carbons (Fsp3) is 0.455. The van der Waals surface area contributed by atoms with Crippen molar-refractivity contribution in [3.05, 3.63) is 52.0 Å². The number of carbonyl (C=O) groups is 1. The standard InChI is InChI=1S/C22H28FN5OS.HI/c1-24-22(27-13-11-26(12-14-27)19-5-3-2-4-18(19)23)25-9-6-21(29)28-10-7-20-17(16-28)8-15-30-20;/h2-5,8,15H,6-7,9-14,16H2,1H3,(H,24,25);1H. The van der Waals surface area contributed by atoms with Crippen molar-refractivity contribution in [3.8, 4) is 0 Å². The van der Waals surface area contributed by atoms with Crippen LogP contribution in [0.5, 0.6) is 0 Å². The molecule has 0 saturated carbocycles. The molecular formula is C22H29FIN5OS. The van der Waals surface area contributed by atoms with Crippen LogP contribution >= 0.6 is 35.3 Å². The quantitative estimate of drug-likeness (QED) is 0.357. The zero-order chi connectivity index (χ0) is 20.9. The molecule has 0 aliphatic carbocycles. The average molecular weight is 557 g/mol. The summed E-state index contributed by atoms with van der Waals surface area (Å²) in [4.78, 5) is 24.6. The van der Waals surface area contributed by atoms with Crippen LogP contribution < -0.4 is 10.2 Å². The van der Waals surface area contributed by atoms with Crippen molar-refractivity contribution >= 4 is 52.9 Å². The maximum Gasteiger partial charge on any atom is 0.224 e. The monoisotopic (exact) mass is 557 g/mol. The zero-order valence-corrected chi connectivity index (χ0v) is 20.9. The summed E-state index contributed by atoms with van der Waals surface area (Å²) in [7, 11) is 1.76. The molecule has 1 amide bonds. The molecule has 1 aromatic heterocycles. The van der Waals surface area contributed by atoms with Gasteiger partial charge in [-0.25, -0.2) is 4.39 Å². The smallest absolute Gasteiger partial charge is 0.224 e. The molecule has 168 valence electrons. The van der Waals surface area contributed by atoms with Crippen LogP contribution in [0, 0.1) is 5.82 Å². The topological polar surface area (TPSA) is 51.2 Å². The van der Waals surface area contributed by atoms with Crippen molar-refractivity contribution in [1.82, 2.24) is 15.1 Å². The van der Waals surface area contributed by atoms with Gasteiger partial charge < -0.3 is 20.0 Å². The van der Waals surface area contributed by atoms with Gasteiger partial charge in [-0.3, -0.25) is 9.79 Å². The number of amides is 1. The van der Waals surface area contributed by atoms with E-state index in [1.165, 1.54) is 16.5 Å². The molecule has 2 aliphatic heterocycles. The van der Waals surface area contributed by atoms with Gasteiger partial charge in [0.1, 0.15) is 5.82 Å². The van der Waals surface area contributed by atoms with Gasteiger partial charge in [0.05, 0.1) is 5.69 Å². The molecular weight excluding hydrogens is 528 g/mol. The number of nitrogens with zero attached hydrogens (tertiary/aromatic N) is 4. The predicted octanol–water partition coefficient (Wildman–Crippen LogP) is 3.18. The van der Waals surface area contributed by atoms with Gasteiger partial charge in [-0.2, -0.15) is 0 Å². The second kappa shape index (κ2) is 11.1. The highest BCUT2D eigenvalue weighted by Crippen LogP contribution is 2.24. The number of piperazine rings is 1. The van der Waals surface area contributed by atoms with Crippen LogP contribution in [0.3, 0.4) is 0 Å². The van der Waals surface area contributed by atoms with Gasteiger partial charge in [0, 0.05) is 64.2 Å². The molecule has 1 saturated heterocycles. The summed E-state index contributed by atoms with van der Waals surface area (Å²) in [6, 6.07) is 9.03. The van der Waals surface area contributed by atoms with Crippen molar-refractivity contribution in [1.29, 1.82) is 0 Å². The zero-order valence-electron chi connectivity index (χ0n) is 17.7. The number of benzene rings is 1. The average Bonchev–Trinajstić information content (AvgIpc) is 3.25. The van der Waals surface area contributed by atoms with Crippen molar-refractivity contribution in [2.24, 2.45) is 4.99 Å². The molecule has 31 heavy (non-hydrogen) atoms. The molecule has 0 unspecified atom stereocenters. The minimum absolute atomic E-state index is 0. The van der Waals surface area contributed by atoms with E-state index in [-0.39, 0.29) is 35.7 Å². The lowest BCUT2D eigenvalue weighted by Gasteiger charge is -2.37. The lowest BCUT2D eigenvalue weighted by atomic mass is 10.1. The van der Waals surface area contributed by atoms with Gasteiger partial charge in [0.15, 0.2) is 5.96 Å². The number of thiophene rings is 1. The van der Waals surface area contributed by atoms with Crippen molar-refractivity contribution < 1.29 is 9.18 Å². The Morgan fingerprint density at radius 1 is 1.13 bits per heavy atom. The Labute approximate surface area is 204 Å². The molecule has 0 spiro atoms. The van der Waals surface area contributed by atoms with E-state index < -0.39 is 0 Å². The first-order chi connectivity index (χ1) is 14.7. The lowest BCUT2D eigenvalue weighted by molar-refractivity contribution is -0.131. The molecule has 6 nitrogen and oxygen atoms in total. The number of anilines is 1. The van der Waals surface area contributed by atoms with Gasteiger partial charge >= 0.3 is 0 Å². The van der Waals surface area contributed by atoms with E-state index >= 15 is 0 Å². The summed E-state index contributed by atoms with van der Waals surface area (Å²) in [6.07, 6.45) is 1.41. The number of rotatable bonds is 4. The van der Waals surface area contributed by atoms with Gasteiger partial charge in [-0.15, -0.1) is 35.3 Å². The number of nitrogens with one attached hydrogen (secondary N) is 1. The number of para-hydroxylation sites is 1. The molecule has 2 aliphatic rings. The van der Waals surface area contributed by atoms with Crippen LogP contribution in [0.15, 0.2) is 40.7 Å². The van der Waals surface area contributed by atoms with E-state index in [1.807, 2.05) is 17.0 Å². The molecule has 1 fully saturated rings. The van der Waals surface area contributed by atoms with Crippen LogP contribution in [-0.2, 0) is 17.8 Å². The fourth-order valence-electron chi connectivity index (χ4n) is 4.10. The SMILES string of the molecule is CN=C(NCCC(=O)N1CCc2sccc2C1)N1CCN(c2ccccc2F)CC1.I. The summed E-state index contributed by atoms with van der Waals surface area (Å²) in [5, 5.41) is 5.43. The molecule has 0 radical (unpaired) electrons. The highest BCUT2D eigenvalue weighted by molar-refractivity contribution is 14.0. The Kier molecular flexibility index (Phi) is 8.53. The van der Waals surface area contributed by atoms with Crippen LogP contribution in [0.25, 0.3) is 0 Å². The summed E-state index contributed by atoms with van der Waals surface area (Å²) in [6.45, 7) is 5.08. The predicted molar refractivity (Wildman–Crippen MR) is 135 cm³/mol. The minimum atomic E-state index is -0.181. The van der Waals surface area contributed by atoms with Crippen LogP contribution in [0.4, 0.5) is 10.1 Å². The first-order valence-electron chi connectivity index (χ1n) is 10.4. The maximum atomic E-state index is 14.0. The Bertz CT molecular complexity index is 913. The maximum absolute atomic E-state index is 14.0. The minimum Gasteiger partial charge on any atom is -0.366 e. The molecule has 1 aromatic carbocycles. The number of halogens is 2. The number of hydrogen-bond donors (Lipinski definition) is 1. The van der Waals surface area contributed by atoms with E-state index in [9.17, 15) is 9.18 Å². The van der Waals surface area contributed by atoms with Crippen molar-refractivity contribution in [2.45, 2.75) is 19.4 Å². The molecule has 1 N–H and O–H groups in total. The molecule has 3 heterocycles. The third kappa shape index (κ3) is 5.68. The largest absolute Gasteiger partial charge is 0.366 e.